The summed E-state index contributed by atoms with van der Waals surface area (Å²) in [5.74, 6) is 1.61. The molecule has 2 aromatic rings. The number of carbonyl (C=O) groups is 1. The van der Waals surface area contributed by atoms with E-state index in [1.807, 2.05) is 0 Å². The van der Waals surface area contributed by atoms with Gasteiger partial charge < -0.3 is 5.32 Å². The Labute approximate surface area is 198 Å². The molecule has 32 heavy (non-hydrogen) atoms. The molecule has 2 saturated heterocycles. The summed E-state index contributed by atoms with van der Waals surface area (Å²) in [6.45, 7) is 1.78. The van der Waals surface area contributed by atoms with Crippen molar-refractivity contribution in [1.82, 2.24) is 10.4 Å². The molecule has 4 nitrogen and oxygen atoms in total. The van der Waals surface area contributed by atoms with Crippen LogP contribution in [-0.4, -0.2) is 41.7 Å². The van der Waals surface area contributed by atoms with E-state index in [0.717, 1.165) is 11.5 Å². The number of rotatable bonds is 4. The second-order valence-electron chi connectivity index (χ2n) is 8.12. The predicted molar refractivity (Wildman–Crippen MR) is 120 cm³/mol. The van der Waals surface area contributed by atoms with Crippen molar-refractivity contribution >= 4 is 40.9 Å². The Morgan fingerprint density at radius 3 is 2.38 bits per heavy atom. The Morgan fingerprint density at radius 1 is 1.19 bits per heavy atom. The molecule has 2 unspecified atom stereocenters. The maximum atomic E-state index is 14.3. The van der Waals surface area contributed by atoms with Crippen molar-refractivity contribution in [2.24, 2.45) is 0 Å². The molecule has 172 valence electrons. The van der Waals surface area contributed by atoms with E-state index in [9.17, 15) is 18.0 Å². The number of hydrogen-bond donors (Lipinski definition) is 1. The third kappa shape index (κ3) is 4.35. The summed E-state index contributed by atoms with van der Waals surface area (Å²) in [6, 6.07) is 8.40. The summed E-state index contributed by atoms with van der Waals surface area (Å²) in [7, 11) is 1.47. The zero-order chi connectivity index (χ0) is 23.3. The van der Waals surface area contributed by atoms with Crippen molar-refractivity contribution in [3.05, 3.63) is 68.7 Å². The van der Waals surface area contributed by atoms with Crippen LogP contribution in [0.5, 0.6) is 0 Å². The molecule has 1 amide bonds. The number of hydroxylamine groups is 2. The van der Waals surface area contributed by atoms with Crippen LogP contribution in [0.2, 0.25) is 10.0 Å². The van der Waals surface area contributed by atoms with Crippen LogP contribution in [0.15, 0.2) is 36.4 Å². The van der Waals surface area contributed by atoms with Gasteiger partial charge in [0, 0.05) is 46.6 Å². The van der Waals surface area contributed by atoms with Crippen LogP contribution in [0.25, 0.3) is 0 Å². The van der Waals surface area contributed by atoms with Crippen LogP contribution in [0.1, 0.15) is 39.5 Å². The lowest BCUT2D eigenvalue weighted by atomic mass is 9.85. The number of benzene rings is 2. The van der Waals surface area contributed by atoms with Gasteiger partial charge in [0.1, 0.15) is 0 Å². The fourth-order valence-corrected chi connectivity index (χ4v) is 5.26. The summed E-state index contributed by atoms with van der Waals surface area (Å²) in [6.07, 6.45) is -5.09. The van der Waals surface area contributed by atoms with Crippen molar-refractivity contribution in [2.75, 3.05) is 18.6 Å². The molecule has 4 rings (SSSR count). The predicted octanol–water partition coefficient (Wildman–Crippen LogP) is 5.91. The molecule has 0 bridgehead atoms. The maximum Gasteiger partial charge on any atom is 0.423 e. The van der Waals surface area contributed by atoms with Crippen molar-refractivity contribution in [2.45, 2.75) is 37.2 Å². The molecule has 0 aliphatic carbocycles. The first-order chi connectivity index (χ1) is 15.0. The van der Waals surface area contributed by atoms with E-state index in [1.54, 1.807) is 36.9 Å². The van der Waals surface area contributed by atoms with Crippen molar-refractivity contribution in [1.29, 1.82) is 0 Å². The van der Waals surface area contributed by atoms with E-state index < -0.39 is 17.8 Å². The lowest BCUT2D eigenvalue weighted by Gasteiger charge is -2.31. The molecule has 0 aromatic heterocycles. The Morgan fingerprint density at radius 2 is 1.84 bits per heavy atom. The standard InChI is InChI=1S/C22H21Cl2F3N2O2S/c1-12-5-13(3-4-18(12)20(30)28-17-10-32-11-17)19-9-21(22(25,26)27,31-29(19)2)14-6-15(23)8-16(24)7-14/h3-8,17,19H,9-11H2,1-2H3,(H,28,30). The zero-order valence-electron chi connectivity index (χ0n) is 17.3. The van der Waals surface area contributed by atoms with Gasteiger partial charge in [-0.15, -0.1) is 0 Å². The topological polar surface area (TPSA) is 41.6 Å². The lowest BCUT2D eigenvalue weighted by molar-refractivity contribution is -0.322. The van der Waals surface area contributed by atoms with E-state index in [2.05, 4.69) is 5.32 Å². The van der Waals surface area contributed by atoms with Crippen molar-refractivity contribution in [3.8, 4) is 0 Å². The van der Waals surface area contributed by atoms with Gasteiger partial charge in [0.15, 0.2) is 0 Å². The summed E-state index contributed by atoms with van der Waals surface area (Å²) in [4.78, 5) is 18.0. The van der Waals surface area contributed by atoms with E-state index in [1.165, 1.54) is 30.3 Å². The number of carbonyl (C=O) groups excluding carboxylic acids is 1. The first-order valence-electron chi connectivity index (χ1n) is 9.94. The number of nitrogens with one attached hydrogen (secondary N) is 1. The molecule has 2 aliphatic rings. The van der Waals surface area contributed by atoms with Crippen LogP contribution < -0.4 is 5.32 Å². The molecule has 1 N–H and O–H groups in total. The van der Waals surface area contributed by atoms with Gasteiger partial charge in [0.25, 0.3) is 5.91 Å². The molecule has 2 fully saturated rings. The first kappa shape index (κ1) is 23.7. The Bertz CT molecular complexity index is 1030. The third-order valence-electron chi connectivity index (χ3n) is 5.86. The highest BCUT2D eigenvalue weighted by Crippen LogP contribution is 2.54. The lowest BCUT2D eigenvalue weighted by Crippen LogP contribution is -2.44. The van der Waals surface area contributed by atoms with Gasteiger partial charge >= 0.3 is 6.18 Å². The summed E-state index contributed by atoms with van der Waals surface area (Å²) in [5, 5.41) is 4.38. The van der Waals surface area contributed by atoms with Gasteiger partial charge in [0.2, 0.25) is 5.60 Å². The number of hydrogen-bond acceptors (Lipinski definition) is 4. The van der Waals surface area contributed by atoms with Crippen molar-refractivity contribution < 1.29 is 22.8 Å². The monoisotopic (exact) mass is 504 g/mol. The average molecular weight is 505 g/mol. The Kier molecular flexibility index (Phi) is 6.46. The van der Waals surface area contributed by atoms with Crippen LogP contribution in [0.4, 0.5) is 13.2 Å². The second kappa shape index (κ2) is 8.72. The van der Waals surface area contributed by atoms with Crippen LogP contribution in [0, 0.1) is 6.92 Å². The normalized spacial score (nSPS) is 24.4. The fourth-order valence-electron chi connectivity index (χ4n) is 4.10. The maximum absolute atomic E-state index is 14.3. The van der Waals surface area contributed by atoms with Gasteiger partial charge in [-0.2, -0.15) is 30.0 Å². The molecular formula is C22H21Cl2F3N2O2S. The third-order valence-corrected chi connectivity index (χ3v) is 7.57. The highest BCUT2D eigenvalue weighted by molar-refractivity contribution is 8.00. The molecule has 10 heteroatoms. The average Bonchev–Trinajstić information content (AvgIpc) is 3.02. The molecule has 0 spiro atoms. The quantitative estimate of drug-likeness (QED) is 0.561. The molecule has 0 radical (unpaired) electrons. The Balaban J connectivity index is 1.65. The molecule has 2 aromatic carbocycles. The first-order valence-corrected chi connectivity index (χ1v) is 11.9. The Hall–Kier alpha value is -1.45. The van der Waals surface area contributed by atoms with Crippen LogP contribution in [-0.2, 0) is 10.4 Å². The number of alkyl halides is 3. The second-order valence-corrected chi connectivity index (χ2v) is 10.1. The molecule has 2 heterocycles. The SMILES string of the molecule is Cc1cc(C2CC(c3cc(Cl)cc(Cl)c3)(C(F)(F)F)ON2C)ccc1C(=O)NC1CSC1. The largest absolute Gasteiger partial charge is 0.423 e. The number of aryl methyl sites for hydroxylation is 1. The number of thioether (sulfide) groups is 1. The van der Waals surface area contributed by atoms with E-state index in [-0.39, 0.29) is 34.0 Å². The zero-order valence-corrected chi connectivity index (χ0v) is 19.6. The number of halogens is 5. The molecule has 0 saturated carbocycles. The summed E-state index contributed by atoms with van der Waals surface area (Å²) in [5.41, 5.74) is -0.915. The smallest absolute Gasteiger partial charge is 0.348 e. The minimum Gasteiger partial charge on any atom is -0.348 e. The summed E-state index contributed by atoms with van der Waals surface area (Å²) >= 11 is 13.7. The highest BCUT2D eigenvalue weighted by Gasteiger charge is 2.63. The summed E-state index contributed by atoms with van der Waals surface area (Å²) < 4.78 is 43.0. The minimum absolute atomic E-state index is 0.0990. The minimum atomic E-state index is -4.71. The van der Waals surface area contributed by atoms with E-state index >= 15 is 0 Å². The molecular weight excluding hydrogens is 484 g/mol. The van der Waals surface area contributed by atoms with E-state index in [4.69, 9.17) is 28.0 Å². The van der Waals surface area contributed by atoms with Gasteiger partial charge in [-0.1, -0.05) is 35.3 Å². The number of nitrogens with zero attached hydrogens (tertiary/aromatic N) is 1. The molecule has 2 aliphatic heterocycles. The van der Waals surface area contributed by atoms with E-state index in [0.29, 0.717) is 16.7 Å². The van der Waals surface area contributed by atoms with Crippen molar-refractivity contribution in [3.63, 3.8) is 0 Å². The number of amides is 1. The van der Waals surface area contributed by atoms with Gasteiger partial charge in [-0.25, -0.2) is 0 Å². The van der Waals surface area contributed by atoms with Gasteiger partial charge in [-0.05, 0) is 47.9 Å². The van der Waals surface area contributed by atoms with Gasteiger partial charge in [0.05, 0.1) is 6.04 Å². The fraction of sp³-hybridized carbons (Fsp3) is 0.409. The van der Waals surface area contributed by atoms with Crippen LogP contribution >= 0.6 is 35.0 Å². The van der Waals surface area contributed by atoms with Gasteiger partial charge in [-0.3, -0.25) is 9.63 Å². The molecule has 2 atom stereocenters. The highest BCUT2D eigenvalue weighted by atomic mass is 35.5. The van der Waals surface area contributed by atoms with Crippen LogP contribution in [0.3, 0.4) is 0 Å².